The van der Waals surface area contributed by atoms with Crippen LogP contribution in [-0.2, 0) is 147 Å². The molecule has 0 aromatic rings. The van der Waals surface area contributed by atoms with E-state index in [-0.39, 0.29) is 37.6 Å². The van der Waals surface area contributed by atoms with Crippen LogP contribution in [0.2, 0.25) is 0 Å². The van der Waals surface area contributed by atoms with Gasteiger partial charge in [-0.15, -0.1) is 0 Å². The predicted molar refractivity (Wildman–Crippen MR) is 359 cm³/mol. The first-order valence-electron chi connectivity index (χ1n) is 38.5. The summed E-state index contributed by atoms with van der Waals surface area (Å²) in [6.45, 7) is 24.0. The van der Waals surface area contributed by atoms with Gasteiger partial charge in [-0.3, -0.25) is 38.4 Å². The number of rotatable bonds is 22. The number of alkyl halides is 12. The van der Waals surface area contributed by atoms with Gasteiger partial charge in [0.05, 0.1) is 31.2 Å². The van der Waals surface area contributed by atoms with Gasteiger partial charge in [-0.25, -0.2) is 14.4 Å². The van der Waals surface area contributed by atoms with Crippen molar-refractivity contribution in [3.63, 3.8) is 0 Å². The smallest absolute Gasteiger partial charge is 0.425 e. The molecule has 12 aliphatic heterocycles. The highest BCUT2D eigenvalue weighted by molar-refractivity contribution is 5.87. The first-order chi connectivity index (χ1) is 54.1. The summed E-state index contributed by atoms with van der Waals surface area (Å²) in [5.41, 5.74) is -8.68. The minimum Gasteiger partial charge on any atom is -0.465 e. The molecule has 12 fully saturated rings. The van der Waals surface area contributed by atoms with Crippen LogP contribution in [0.25, 0.3) is 0 Å². The Kier molecular flexibility index (Phi) is 29.3. The average Bonchev–Trinajstić information content (AvgIpc) is 1.58. The van der Waals surface area contributed by atoms with Gasteiger partial charge in [0.15, 0.2) is 89.4 Å². The summed E-state index contributed by atoms with van der Waals surface area (Å²) >= 11 is 0. The normalized spacial score (nSPS) is 35.3. The molecule has 12 rings (SSSR count). The maximum Gasteiger partial charge on any atom is 0.425 e. The molecule has 43 heteroatoms. The van der Waals surface area contributed by atoms with Gasteiger partial charge in [0, 0.05) is 12.8 Å². The molecule has 26 atom stereocenters. The van der Waals surface area contributed by atoms with Gasteiger partial charge in [-0.1, -0.05) is 74.7 Å². The summed E-state index contributed by atoms with van der Waals surface area (Å²) in [6.07, 6.45) is -33.9. The molecule has 26 unspecified atom stereocenters. The van der Waals surface area contributed by atoms with E-state index in [9.17, 15) is 105 Å². The van der Waals surface area contributed by atoms with Crippen molar-refractivity contribution in [3.8, 4) is 0 Å². The second kappa shape index (κ2) is 36.0. The molecule has 666 valence electrons. The van der Waals surface area contributed by atoms with E-state index in [0.29, 0.717) is 52.6 Å². The van der Waals surface area contributed by atoms with E-state index in [1.807, 2.05) is 20.8 Å². The standard InChI is InChI=1S/2C18H21F3O9.C16H17F3O9.C14H28O2.C8H13F3O2/c2*1-4-16(2,18(19,20)21)15(24)28-10-8-9(26-13(10)23)11-14(27-8)30-17(3,29-11)7-5-6-25-12(7)22;1-3-14(2,16(17,18)19)13(22)26-9-7-8(24-11(9)21)10-12(25-7)28-15(27-10)4-6(20)23-5-15;1-6-9-10-12(7-2)11-16-13(15)14(4,5)8-3;1-4-5(2)7(12)13-6(3)8(9,10)11/h2*7-11,14H,4-6H2,1-3H3;7-10,12H,3-5H2,1-2H3;12H,6-11H2,1-5H3;5-6H,4H2,1-3H3. The van der Waals surface area contributed by atoms with Crippen molar-refractivity contribution >= 4 is 65.7 Å². The number of esters is 11. The van der Waals surface area contributed by atoms with Gasteiger partial charge >= 0.3 is 90.4 Å². The molecule has 0 aliphatic carbocycles. The second-order valence-corrected chi connectivity index (χ2v) is 31.7. The molecule has 0 N–H and O–H groups in total. The van der Waals surface area contributed by atoms with Gasteiger partial charge in [-0.2, -0.15) is 52.7 Å². The molecule has 117 heavy (non-hydrogen) atoms. The Hall–Kier alpha value is -7.03. The van der Waals surface area contributed by atoms with Crippen LogP contribution in [0.15, 0.2) is 0 Å². The number of hydrogen-bond acceptors (Lipinski definition) is 31. The predicted octanol–water partition coefficient (Wildman–Crippen LogP) is 9.74. The lowest BCUT2D eigenvalue weighted by Crippen LogP contribution is -2.47. The third-order valence-electron chi connectivity index (χ3n) is 23.3. The van der Waals surface area contributed by atoms with E-state index in [2.05, 4.69) is 18.6 Å². The Morgan fingerprint density at radius 3 is 1.14 bits per heavy atom. The van der Waals surface area contributed by atoms with E-state index in [0.717, 1.165) is 19.8 Å². The van der Waals surface area contributed by atoms with Crippen molar-refractivity contribution in [1.29, 1.82) is 0 Å². The molecule has 12 saturated heterocycles. The third-order valence-corrected chi connectivity index (χ3v) is 23.3. The molecule has 0 aromatic heterocycles. The number of unbranched alkanes of at least 4 members (excludes halogenated alkanes) is 1. The molecule has 0 radical (unpaired) electrons. The average molecular weight is 1710 g/mol. The molecule has 12 aliphatic rings. The highest BCUT2D eigenvalue weighted by Crippen LogP contribution is 2.53. The minimum atomic E-state index is -4.86. The fourth-order valence-electron chi connectivity index (χ4n) is 13.6. The van der Waals surface area contributed by atoms with Gasteiger partial charge in [0.1, 0.15) is 43.2 Å². The van der Waals surface area contributed by atoms with Crippen LogP contribution in [0.5, 0.6) is 0 Å². The first kappa shape index (κ1) is 95.4. The lowest BCUT2D eigenvalue weighted by molar-refractivity contribution is -0.251. The summed E-state index contributed by atoms with van der Waals surface area (Å²) in [5, 5.41) is 0. The summed E-state index contributed by atoms with van der Waals surface area (Å²) < 4.78 is 261. The number of hydrogen-bond donors (Lipinski definition) is 0. The molecule has 0 saturated carbocycles. The molecule has 31 nitrogen and oxygen atoms in total. The van der Waals surface area contributed by atoms with Gasteiger partial charge in [-0.05, 0) is 99.8 Å². The molecule has 0 bridgehead atoms. The monoisotopic (exact) mass is 1710 g/mol. The number of halogens is 12. The lowest BCUT2D eigenvalue weighted by Gasteiger charge is -2.30. The van der Waals surface area contributed by atoms with Crippen LogP contribution in [0.1, 0.15) is 188 Å². The maximum absolute atomic E-state index is 13.3. The van der Waals surface area contributed by atoms with Crippen molar-refractivity contribution < 1.29 is 200 Å². The Bertz CT molecular complexity index is 3510. The van der Waals surface area contributed by atoms with Crippen molar-refractivity contribution in [2.75, 3.05) is 26.4 Å². The number of ether oxygens (including phenoxy) is 20. The molecule has 12 heterocycles. The quantitative estimate of drug-likeness (QED) is 0.0552. The van der Waals surface area contributed by atoms with Crippen LogP contribution >= 0.6 is 0 Å². The summed E-state index contributed by atoms with van der Waals surface area (Å²) in [4.78, 5) is 131. The Balaban J connectivity index is 0.000000189. The minimum absolute atomic E-state index is 0.0510. The highest BCUT2D eigenvalue weighted by Gasteiger charge is 2.72. The molecule has 0 aromatic carbocycles. The topological polar surface area (TPSA) is 372 Å². The van der Waals surface area contributed by atoms with Crippen LogP contribution < -0.4 is 0 Å². The van der Waals surface area contributed by atoms with E-state index >= 15 is 0 Å². The zero-order chi connectivity index (χ0) is 87.9. The van der Waals surface area contributed by atoms with E-state index in [4.69, 9.17) is 90.0 Å². The van der Waals surface area contributed by atoms with E-state index in [1.54, 1.807) is 6.92 Å². The fraction of sp³-hybridized carbons (Fsp3) is 0.851. The lowest BCUT2D eigenvalue weighted by atomic mass is 9.87. The second-order valence-electron chi connectivity index (χ2n) is 31.7. The first-order valence-corrected chi connectivity index (χ1v) is 38.5. The maximum atomic E-state index is 13.3. The third kappa shape index (κ3) is 19.6. The SMILES string of the molecule is CCC(C)(C(=O)OC1C(=O)OC2C3OC(C)(C4CCOC4=O)OC3OC12)C(F)(F)F.CCC(C)(C(=O)OC1C(=O)OC2C3OC(C)(C4CCOC4=O)OC3OC12)C(F)(F)F.CCC(C)(C(=O)OC1C(=O)OC2C3OC4(COC(=O)C4)OC3OC12)C(F)(F)F.CCC(C)C(=O)OC(C)C(F)(F)F.CCCCC(CC)COC(=O)C(C)(C)CC. The van der Waals surface area contributed by atoms with Crippen LogP contribution in [0.4, 0.5) is 52.7 Å². The summed E-state index contributed by atoms with van der Waals surface area (Å²) in [5.74, 6) is -15.7. The number of fused-ring (bicyclic) bond motifs is 9. The van der Waals surface area contributed by atoms with Crippen LogP contribution in [0, 0.1) is 45.3 Å². The van der Waals surface area contributed by atoms with Crippen molar-refractivity contribution in [2.24, 2.45) is 45.3 Å². The zero-order valence-corrected chi connectivity index (χ0v) is 67.1. The Morgan fingerprint density at radius 1 is 0.462 bits per heavy atom. The van der Waals surface area contributed by atoms with Crippen molar-refractivity contribution in [1.82, 2.24) is 0 Å². The zero-order valence-electron chi connectivity index (χ0n) is 67.1. The number of cyclic esters (lactones) is 3. The van der Waals surface area contributed by atoms with E-state index < -0.39 is 253 Å². The molecular weight excluding hydrogens is 1610 g/mol. The molecular formula is C74H100F12O31. The van der Waals surface area contributed by atoms with Gasteiger partial charge in [0.2, 0.25) is 24.1 Å². The number of carbonyl (C=O) groups is 11. The molecule has 0 amide bonds. The Morgan fingerprint density at radius 2 is 0.838 bits per heavy atom. The van der Waals surface area contributed by atoms with Crippen molar-refractivity contribution in [3.05, 3.63) is 0 Å². The highest BCUT2D eigenvalue weighted by atomic mass is 19.4. The Labute approximate surface area is 663 Å². The summed E-state index contributed by atoms with van der Waals surface area (Å²) in [7, 11) is 0. The van der Waals surface area contributed by atoms with Gasteiger partial charge < -0.3 is 94.7 Å². The van der Waals surface area contributed by atoms with Crippen LogP contribution in [-0.4, -0.2) is 232 Å². The molecule has 1 spiro atoms. The summed E-state index contributed by atoms with van der Waals surface area (Å²) in [6, 6.07) is 0. The van der Waals surface area contributed by atoms with Crippen molar-refractivity contribution in [2.45, 2.75) is 328 Å². The van der Waals surface area contributed by atoms with E-state index in [1.165, 1.54) is 60.8 Å². The fourth-order valence-corrected chi connectivity index (χ4v) is 13.6. The van der Waals surface area contributed by atoms with Gasteiger partial charge in [0.25, 0.3) is 0 Å². The number of carbonyl (C=O) groups excluding carboxylic acids is 11. The van der Waals surface area contributed by atoms with Crippen LogP contribution in [0.3, 0.4) is 0 Å². The largest absolute Gasteiger partial charge is 0.465 e.